The lowest BCUT2D eigenvalue weighted by atomic mass is 10.0. The molecule has 0 aliphatic heterocycles. The van der Waals surface area contributed by atoms with Crippen LogP contribution in [-0.2, 0) is 19.1 Å². The molecule has 10 nitrogen and oxygen atoms in total. The van der Waals surface area contributed by atoms with Crippen molar-refractivity contribution in [1.82, 2.24) is 25.5 Å². The van der Waals surface area contributed by atoms with Gasteiger partial charge in [-0.3, -0.25) is 4.79 Å². The number of methoxy groups -OCH3 is 1. The molecule has 0 radical (unpaired) electrons. The van der Waals surface area contributed by atoms with E-state index in [-0.39, 0.29) is 11.5 Å². The molecule has 1 heterocycles. The van der Waals surface area contributed by atoms with E-state index in [0.29, 0.717) is 12.1 Å². The second-order valence-corrected chi connectivity index (χ2v) is 6.15. The maximum Gasteiger partial charge on any atom is 0.338 e. The summed E-state index contributed by atoms with van der Waals surface area (Å²) in [4.78, 5) is 35.9. The Morgan fingerprint density at radius 1 is 1.26 bits per heavy atom. The Hall–Kier alpha value is -3.30. The summed E-state index contributed by atoms with van der Waals surface area (Å²) in [5.41, 5.74) is 0.809. The van der Waals surface area contributed by atoms with Gasteiger partial charge in [0, 0.05) is 0 Å². The Bertz CT molecular complexity index is 791. The molecule has 0 bridgehead atoms. The number of esters is 2. The molecule has 1 atom stereocenters. The smallest absolute Gasteiger partial charge is 0.338 e. The summed E-state index contributed by atoms with van der Waals surface area (Å²) in [7, 11) is 1.25. The van der Waals surface area contributed by atoms with Gasteiger partial charge in [-0.2, -0.15) is 0 Å². The Labute approximate surface area is 155 Å². The van der Waals surface area contributed by atoms with E-state index in [1.165, 1.54) is 24.2 Å². The zero-order valence-corrected chi connectivity index (χ0v) is 15.3. The minimum Gasteiger partial charge on any atom is -0.467 e. The molecule has 1 N–H and O–H groups in total. The second-order valence-electron chi connectivity index (χ2n) is 6.15. The first-order valence-corrected chi connectivity index (χ1v) is 8.28. The van der Waals surface area contributed by atoms with Gasteiger partial charge in [-0.05, 0) is 41.0 Å². The molecule has 0 aliphatic carbocycles. The summed E-state index contributed by atoms with van der Waals surface area (Å²) in [5.74, 6) is -1.64. The van der Waals surface area contributed by atoms with Crippen LogP contribution in [0.1, 0.15) is 30.6 Å². The minimum absolute atomic E-state index is 0.172. The zero-order chi connectivity index (χ0) is 19.8. The van der Waals surface area contributed by atoms with E-state index >= 15 is 0 Å². The predicted molar refractivity (Wildman–Crippen MR) is 92.8 cm³/mol. The van der Waals surface area contributed by atoms with E-state index in [1.807, 2.05) is 13.8 Å². The van der Waals surface area contributed by atoms with Crippen molar-refractivity contribution < 1.29 is 23.9 Å². The number of hydrogen-bond acceptors (Lipinski definition) is 8. The van der Waals surface area contributed by atoms with Crippen LogP contribution < -0.4 is 5.32 Å². The Kier molecular flexibility index (Phi) is 6.98. The molecule has 2 rings (SSSR count). The lowest BCUT2D eigenvalue weighted by Crippen LogP contribution is -2.44. The highest BCUT2D eigenvalue weighted by atomic mass is 16.5. The van der Waals surface area contributed by atoms with Crippen LogP contribution >= 0.6 is 0 Å². The van der Waals surface area contributed by atoms with Crippen LogP contribution in [0.4, 0.5) is 0 Å². The van der Waals surface area contributed by atoms with Crippen molar-refractivity contribution in [3.63, 3.8) is 0 Å². The molecule has 0 spiro atoms. The molecule has 0 fully saturated rings. The van der Waals surface area contributed by atoms with Crippen LogP contribution in [0.15, 0.2) is 30.6 Å². The maximum absolute atomic E-state index is 12.2. The molecule has 1 aromatic heterocycles. The number of aromatic nitrogens is 4. The van der Waals surface area contributed by atoms with Gasteiger partial charge in [0.1, 0.15) is 12.4 Å². The topological polar surface area (TPSA) is 125 Å². The summed E-state index contributed by atoms with van der Waals surface area (Å²) in [5, 5.41) is 13.3. The van der Waals surface area contributed by atoms with E-state index in [2.05, 4.69) is 25.6 Å². The van der Waals surface area contributed by atoms with E-state index in [9.17, 15) is 14.4 Å². The number of amides is 1. The molecule has 144 valence electrons. The summed E-state index contributed by atoms with van der Waals surface area (Å²) < 4.78 is 11.1. The number of benzene rings is 1. The number of nitrogens with zero attached hydrogens (tertiary/aromatic N) is 4. The Balaban J connectivity index is 1.93. The van der Waals surface area contributed by atoms with Gasteiger partial charge in [-0.25, -0.2) is 14.3 Å². The van der Waals surface area contributed by atoms with Gasteiger partial charge in [0.25, 0.3) is 5.91 Å². The molecule has 2 aromatic rings. The maximum atomic E-state index is 12.2. The molecule has 0 aliphatic rings. The fraction of sp³-hybridized carbons (Fsp3) is 0.412. The average molecular weight is 375 g/mol. The first-order valence-electron chi connectivity index (χ1n) is 8.28. The molecular formula is C17H21N5O5. The van der Waals surface area contributed by atoms with Crippen LogP contribution in [0.3, 0.4) is 0 Å². The molecule has 1 unspecified atom stereocenters. The molecule has 0 saturated carbocycles. The monoisotopic (exact) mass is 375 g/mol. The highest BCUT2D eigenvalue weighted by molar-refractivity contribution is 5.92. The van der Waals surface area contributed by atoms with Gasteiger partial charge in [0.2, 0.25) is 0 Å². The minimum atomic E-state index is -0.788. The van der Waals surface area contributed by atoms with Crippen molar-refractivity contribution in [2.24, 2.45) is 5.92 Å². The van der Waals surface area contributed by atoms with E-state index < -0.39 is 30.5 Å². The van der Waals surface area contributed by atoms with Crippen molar-refractivity contribution in [3.05, 3.63) is 36.2 Å². The highest BCUT2D eigenvalue weighted by Crippen LogP contribution is 2.10. The first kappa shape index (κ1) is 20.0. The lowest BCUT2D eigenvalue weighted by molar-refractivity contribution is -0.145. The number of tetrazole rings is 1. The van der Waals surface area contributed by atoms with Crippen molar-refractivity contribution >= 4 is 17.8 Å². The molecular weight excluding hydrogens is 354 g/mol. The molecule has 1 amide bonds. The standard InChI is InChI=1S/C17H21N5O5/c1-11(2)7-14(17(25)26-3)19-15(23)9-27-16(24)12-5-4-6-13(8-12)22-10-18-20-21-22/h4-6,8,10-11,14H,7,9H2,1-3H3,(H,19,23). The van der Waals surface area contributed by atoms with Crippen LogP contribution in [0.5, 0.6) is 0 Å². The molecule has 0 saturated heterocycles. The van der Waals surface area contributed by atoms with Gasteiger partial charge in [-0.1, -0.05) is 19.9 Å². The van der Waals surface area contributed by atoms with Crippen molar-refractivity contribution in [2.45, 2.75) is 26.3 Å². The van der Waals surface area contributed by atoms with Crippen molar-refractivity contribution in [1.29, 1.82) is 0 Å². The number of nitrogens with one attached hydrogen (secondary N) is 1. The summed E-state index contributed by atoms with van der Waals surface area (Å²) >= 11 is 0. The third-order valence-corrected chi connectivity index (χ3v) is 3.56. The fourth-order valence-electron chi connectivity index (χ4n) is 2.33. The summed E-state index contributed by atoms with van der Waals surface area (Å²) in [6.07, 6.45) is 1.81. The SMILES string of the molecule is COC(=O)C(CC(C)C)NC(=O)COC(=O)c1cccc(-n2cnnn2)c1. The quantitative estimate of drug-likeness (QED) is 0.662. The van der Waals surface area contributed by atoms with Crippen LogP contribution in [0, 0.1) is 5.92 Å². The van der Waals surface area contributed by atoms with Crippen LogP contribution in [0.25, 0.3) is 5.69 Å². The fourth-order valence-corrected chi connectivity index (χ4v) is 2.33. The van der Waals surface area contributed by atoms with Gasteiger partial charge < -0.3 is 14.8 Å². The number of carbonyl (C=O) groups is 3. The van der Waals surface area contributed by atoms with Gasteiger partial charge in [-0.15, -0.1) is 5.10 Å². The predicted octanol–water partition coefficient (Wildman–Crippen LogP) is 0.523. The van der Waals surface area contributed by atoms with E-state index in [1.54, 1.807) is 18.2 Å². The third-order valence-electron chi connectivity index (χ3n) is 3.56. The molecule has 27 heavy (non-hydrogen) atoms. The number of rotatable bonds is 8. The van der Waals surface area contributed by atoms with E-state index in [4.69, 9.17) is 4.74 Å². The number of carbonyl (C=O) groups excluding carboxylic acids is 3. The highest BCUT2D eigenvalue weighted by Gasteiger charge is 2.23. The average Bonchev–Trinajstić information content (AvgIpc) is 3.19. The normalized spacial score (nSPS) is 11.7. The molecule has 10 heteroatoms. The largest absolute Gasteiger partial charge is 0.467 e. The first-order chi connectivity index (χ1) is 12.9. The molecule has 1 aromatic carbocycles. The van der Waals surface area contributed by atoms with Gasteiger partial charge in [0.05, 0.1) is 18.4 Å². The summed E-state index contributed by atoms with van der Waals surface area (Å²) in [6.45, 7) is 3.32. The van der Waals surface area contributed by atoms with Crippen molar-refractivity contribution in [2.75, 3.05) is 13.7 Å². The number of hydrogen-bond donors (Lipinski definition) is 1. The Morgan fingerprint density at radius 3 is 2.67 bits per heavy atom. The lowest BCUT2D eigenvalue weighted by Gasteiger charge is -2.18. The number of ether oxygens (including phenoxy) is 2. The summed E-state index contributed by atoms with van der Waals surface area (Å²) in [6, 6.07) is 5.65. The van der Waals surface area contributed by atoms with E-state index in [0.717, 1.165) is 0 Å². The van der Waals surface area contributed by atoms with Crippen LogP contribution in [0.2, 0.25) is 0 Å². The van der Waals surface area contributed by atoms with Gasteiger partial charge >= 0.3 is 11.9 Å². The van der Waals surface area contributed by atoms with Crippen molar-refractivity contribution in [3.8, 4) is 5.69 Å². The second kappa shape index (κ2) is 9.41. The van der Waals surface area contributed by atoms with Crippen LogP contribution in [-0.4, -0.2) is 57.8 Å². The van der Waals surface area contributed by atoms with Gasteiger partial charge in [0.15, 0.2) is 6.61 Å². The zero-order valence-electron chi connectivity index (χ0n) is 15.3. The third kappa shape index (κ3) is 5.87. The Morgan fingerprint density at radius 2 is 2.04 bits per heavy atom.